The first-order chi connectivity index (χ1) is 9.72. The molecule has 1 heterocycles. The first-order valence-corrected chi connectivity index (χ1v) is 7.88. The number of nitrogens with zero attached hydrogens (tertiary/aromatic N) is 1. The van der Waals surface area contributed by atoms with Gasteiger partial charge in [0.1, 0.15) is 0 Å². The molecule has 1 aliphatic carbocycles. The quantitative estimate of drug-likeness (QED) is 0.863. The largest absolute Gasteiger partial charge is 0.372 e. The number of anilines is 1. The number of hydrogen-bond acceptors (Lipinski definition) is 3. The van der Waals surface area contributed by atoms with Gasteiger partial charge in [-0.25, -0.2) is 0 Å². The fourth-order valence-corrected chi connectivity index (χ4v) is 3.05. The van der Waals surface area contributed by atoms with E-state index in [-0.39, 0.29) is 0 Å². The molecule has 1 saturated heterocycles. The van der Waals surface area contributed by atoms with Crippen molar-refractivity contribution < 1.29 is 4.74 Å². The van der Waals surface area contributed by atoms with Crippen LogP contribution in [-0.2, 0) is 4.74 Å². The summed E-state index contributed by atoms with van der Waals surface area (Å²) in [6.45, 7) is 4.20. The molecule has 1 N–H and O–H groups in total. The molecule has 0 aromatic heterocycles. The fraction of sp³-hybridized carbons (Fsp3) is 0.647. The summed E-state index contributed by atoms with van der Waals surface area (Å²) in [5.41, 5.74) is 2.65. The smallest absolute Gasteiger partial charge is 0.0755 e. The molecular formula is C17H26N2O. The highest BCUT2D eigenvalue weighted by molar-refractivity contribution is 5.52. The molecule has 2 aliphatic rings. The number of likely N-dealkylation sites (N-methyl/N-ethyl adjacent to an activating group) is 1. The van der Waals surface area contributed by atoms with Gasteiger partial charge in [-0.2, -0.15) is 0 Å². The first-order valence-electron chi connectivity index (χ1n) is 7.88. The number of ether oxygens (including phenoxy) is 1. The lowest BCUT2D eigenvalue weighted by Gasteiger charge is -2.25. The lowest BCUT2D eigenvalue weighted by molar-refractivity contribution is 0.0497. The van der Waals surface area contributed by atoms with Crippen molar-refractivity contribution >= 4 is 5.69 Å². The van der Waals surface area contributed by atoms with Gasteiger partial charge in [-0.1, -0.05) is 18.2 Å². The molecule has 3 heteroatoms. The zero-order valence-electron chi connectivity index (χ0n) is 12.6. The maximum Gasteiger partial charge on any atom is 0.0755 e. The standard InChI is InChI=1S/C17H26N2O/c1-13-5-3-4-6-17(13)19(2)12-16-10-9-15(20-16)11-18-14-7-8-14/h3-6,14-16,18H,7-12H2,1-2H3. The van der Waals surface area contributed by atoms with Crippen molar-refractivity contribution in [1.82, 2.24) is 5.32 Å². The molecular weight excluding hydrogens is 248 g/mol. The highest BCUT2D eigenvalue weighted by Gasteiger charge is 2.28. The van der Waals surface area contributed by atoms with Crippen molar-refractivity contribution in [1.29, 1.82) is 0 Å². The van der Waals surface area contributed by atoms with Crippen LogP contribution < -0.4 is 10.2 Å². The maximum absolute atomic E-state index is 6.17. The van der Waals surface area contributed by atoms with E-state index in [2.05, 4.69) is 48.5 Å². The van der Waals surface area contributed by atoms with Crippen molar-refractivity contribution in [3.63, 3.8) is 0 Å². The van der Waals surface area contributed by atoms with Crippen LogP contribution in [0, 0.1) is 6.92 Å². The molecule has 2 fully saturated rings. The van der Waals surface area contributed by atoms with Gasteiger partial charge >= 0.3 is 0 Å². The third kappa shape index (κ3) is 3.53. The second-order valence-electron chi connectivity index (χ2n) is 6.31. The van der Waals surface area contributed by atoms with Gasteiger partial charge in [0.15, 0.2) is 0 Å². The van der Waals surface area contributed by atoms with Crippen LogP contribution in [0.3, 0.4) is 0 Å². The van der Waals surface area contributed by atoms with Crippen LogP contribution in [0.1, 0.15) is 31.2 Å². The molecule has 1 aliphatic heterocycles. The molecule has 1 aromatic carbocycles. The van der Waals surface area contributed by atoms with Crippen LogP contribution in [0.2, 0.25) is 0 Å². The molecule has 110 valence electrons. The molecule has 0 amide bonds. The third-order valence-corrected chi connectivity index (χ3v) is 4.41. The van der Waals surface area contributed by atoms with Crippen molar-refractivity contribution in [2.45, 2.75) is 50.9 Å². The summed E-state index contributed by atoms with van der Waals surface area (Å²) >= 11 is 0. The number of aryl methyl sites for hydroxylation is 1. The number of benzene rings is 1. The predicted octanol–water partition coefficient (Wildman–Crippen LogP) is 2.73. The van der Waals surface area contributed by atoms with E-state index in [0.717, 1.165) is 19.1 Å². The van der Waals surface area contributed by atoms with Gasteiger partial charge in [0.05, 0.1) is 12.2 Å². The lowest BCUT2D eigenvalue weighted by Crippen LogP contribution is -2.32. The zero-order valence-corrected chi connectivity index (χ0v) is 12.6. The zero-order chi connectivity index (χ0) is 13.9. The molecule has 2 unspecified atom stereocenters. The van der Waals surface area contributed by atoms with Crippen LogP contribution in [-0.4, -0.2) is 38.4 Å². The van der Waals surface area contributed by atoms with Gasteiger partial charge in [-0.15, -0.1) is 0 Å². The van der Waals surface area contributed by atoms with Gasteiger partial charge in [0, 0.05) is 31.9 Å². The summed E-state index contributed by atoms with van der Waals surface area (Å²) in [6, 6.07) is 9.35. The Bertz CT molecular complexity index is 444. The van der Waals surface area contributed by atoms with Gasteiger partial charge in [0.25, 0.3) is 0 Å². The molecule has 20 heavy (non-hydrogen) atoms. The highest BCUT2D eigenvalue weighted by Crippen LogP contribution is 2.25. The average Bonchev–Trinajstić information content (AvgIpc) is 3.17. The molecule has 3 nitrogen and oxygen atoms in total. The van der Waals surface area contributed by atoms with Crippen molar-refractivity contribution in [2.75, 3.05) is 25.0 Å². The molecule has 2 atom stereocenters. The van der Waals surface area contributed by atoms with Crippen LogP contribution in [0.4, 0.5) is 5.69 Å². The normalized spacial score (nSPS) is 25.9. The van der Waals surface area contributed by atoms with E-state index < -0.39 is 0 Å². The van der Waals surface area contributed by atoms with Crippen LogP contribution in [0.25, 0.3) is 0 Å². The van der Waals surface area contributed by atoms with E-state index >= 15 is 0 Å². The summed E-state index contributed by atoms with van der Waals surface area (Å²) in [6.07, 6.45) is 5.90. The number of hydrogen-bond donors (Lipinski definition) is 1. The van der Waals surface area contributed by atoms with E-state index in [0.29, 0.717) is 12.2 Å². The monoisotopic (exact) mass is 274 g/mol. The Kier molecular flexibility index (Phi) is 4.27. The third-order valence-electron chi connectivity index (χ3n) is 4.41. The second-order valence-corrected chi connectivity index (χ2v) is 6.31. The van der Waals surface area contributed by atoms with Crippen LogP contribution in [0.15, 0.2) is 24.3 Å². The van der Waals surface area contributed by atoms with Gasteiger partial charge in [0.2, 0.25) is 0 Å². The topological polar surface area (TPSA) is 24.5 Å². The Hall–Kier alpha value is -1.06. The van der Waals surface area contributed by atoms with E-state index in [1.807, 2.05) is 0 Å². The number of para-hydroxylation sites is 1. The van der Waals surface area contributed by atoms with E-state index in [1.54, 1.807) is 0 Å². The van der Waals surface area contributed by atoms with Gasteiger partial charge in [-0.3, -0.25) is 0 Å². The molecule has 0 bridgehead atoms. The first kappa shape index (κ1) is 13.9. The van der Waals surface area contributed by atoms with Crippen molar-refractivity contribution in [3.8, 4) is 0 Å². The van der Waals surface area contributed by atoms with E-state index in [4.69, 9.17) is 4.74 Å². The summed E-state index contributed by atoms with van der Waals surface area (Å²) in [5.74, 6) is 0. The predicted molar refractivity (Wildman–Crippen MR) is 83.4 cm³/mol. The lowest BCUT2D eigenvalue weighted by atomic mass is 10.1. The maximum atomic E-state index is 6.17. The summed E-state index contributed by atoms with van der Waals surface area (Å²) < 4.78 is 6.17. The number of rotatable bonds is 6. The Morgan fingerprint density at radius 2 is 1.90 bits per heavy atom. The molecule has 0 radical (unpaired) electrons. The fourth-order valence-electron chi connectivity index (χ4n) is 3.05. The Balaban J connectivity index is 1.47. The van der Waals surface area contributed by atoms with E-state index in [1.165, 1.54) is 36.9 Å². The minimum Gasteiger partial charge on any atom is -0.372 e. The summed E-state index contributed by atoms with van der Waals surface area (Å²) in [7, 11) is 2.17. The highest BCUT2D eigenvalue weighted by atomic mass is 16.5. The average molecular weight is 274 g/mol. The SMILES string of the molecule is Cc1ccccc1N(C)CC1CCC(CNC2CC2)O1. The van der Waals surface area contributed by atoms with Crippen LogP contribution >= 0.6 is 0 Å². The second kappa shape index (κ2) is 6.15. The Morgan fingerprint density at radius 3 is 2.65 bits per heavy atom. The van der Waals surface area contributed by atoms with Crippen molar-refractivity contribution in [2.24, 2.45) is 0 Å². The van der Waals surface area contributed by atoms with Gasteiger partial charge in [-0.05, 0) is 44.2 Å². The Labute approximate surface area is 122 Å². The molecule has 0 spiro atoms. The minimum atomic E-state index is 0.380. The molecule has 1 aromatic rings. The van der Waals surface area contributed by atoms with Crippen LogP contribution in [0.5, 0.6) is 0 Å². The molecule has 3 rings (SSSR count). The summed E-state index contributed by atoms with van der Waals surface area (Å²) in [5, 5.41) is 3.57. The van der Waals surface area contributed by atoms with Crippen molar-refractivity contribution in [3.05, 3.63) is 29.8 Å². The summed E-state index contributed by atoms with van der Waals surface area (Å²) in [4.78, 5) is 2.33. The molecule has 1 saturated carbocycles. The van der Waals surface area contributed by atoms with Gasteiger partial charge < -0.3 is 15.0 Å². The Morgan fingerprint density at radius 1 is 1.15 bits per heavy atom. The minimum absolute atomic E-state index is 0.380. The van der Waals surface area contributed by atoms with E-state index in [9.17, 15) is 0 Å². The number of nitrogens with one attached hydrogen (secondary N) is 1.